The van der Waals surface area contributed by atoms with Crippen molar-refractivity contribution in [2.24, 2.45) is 5.92 Å². The second-order valence-corrected chi connectivity index (χ2v) is 10.5. The highest BCUT2D eigenvalue weighted by Gasteiger charge is 2.46. The number of hydrogen-bond acceptors (Lipinski definition) is 6. The third-order valence-electron chi connectivity index (χ3n) is 6.79. The van der Waals surface area contributed by atoms with Crippen LogP contribution in [0.2, 0.25) is 0 Å². The first kappa shape index (κ1) is 27.6. The van der Waals surface area contributed by atoms with Crippen LogP contribution in [0.1, 0.15) is 42.1 Å². The van der Waals surface area contributed by atoms with E-state index in [4.69, 9.17) is 9.47 Å². The summed E-state index contributed by atoms with van der Waals surface area (Å²) < 4.78 is 11.9. The van der Waals surface area contributed by atoms with E-state index in [0.717, 1.165) is 11.1 Å². The molecule has 0 aliphatic carbocycles. The number of ketones is 1. The van der Waals surface area contributed by atoms with Crippen molar-refractivity contribution in [3.63, 3.8) is 0 Å². The molecule has 1 aliphatic heterocycles. The maximum absolute atomic E-state index is 13.5. The lowest BCUT2D eigenvalue weighted by molar-refractivity contribution is -0.140. The van der Waals surface area contributed by atoms with Crippen LogP contribution in [0.5, 0.6) is 17.2 Å². The molecule has 1 fully saturated rings. The number of benzene rings is 3. The third-order valence-corrected chi connectivity index (χ3v) is 6.79. The molecule has 4 aromatic rings. The maximum atomic E-state index is 13.5. The Balaban J connectivity index is 1.58. The molecule has 1 aliphatic rings. The molecule has 1 amide bonds. The van der Waals surface area contributed by atoms with Crippen molar-refractivity contribution in [2.45, 2.75) is 33.4 Å². The molecule has 2 heterocycles. The molecule has 208 valence electrons. The average molecular weight is 549 g/mol. The fourth-order valence-corrected chi connectivity index (χ4v) is 4.82. The minimum absolute atomic E-state index is 0.0194. The molecule has 0 radical (unpaired) electrons. The van der Waals surface area contributed by atoms with Gasteiger partial charge in [0.15, 0.2) is 0 Å². The number of aryl methyl sites for hydroxylation is 1. The predicted octanol–water partition coefficient (Wildman–Crippen LogP) is 6.84. The molecule has 5 rings (SSSR count). The Morgan fingerprint density at radius 1 is 0.951 bits per heavy atom. The van der Waals surface area contributed by atoms with Crippen LogP contribution in [-0.4, -0.2) is 33.3 Å². The summed E-state index contributed by atoms with van der Waals surface area (Å²) >= 11 is 0. The number of Topliss-reactive ketones (excluding diaryl/α,β-unsaturated/α-hetero) is 1. The fraction of sp³-hybridized carbons (Fsp3) is 0.206. The van der Waals surface area contributed by atoms with E-state index in [0.29, 0.717) is 40.9 Å². The molecule has 41 heavy (non-hydrogen) atoms. The average Bonchev–Trinajstić information content (AvgIpc) is 3.22. The Kier molecular flexibility index (Phi) is 8.15. The molecule has 0 saturated carbocycles. The number of amides is 1. The number of ether oxygens (including phenoxy) is 2. The van der Waals surface area contributed by atoms with Gasteiger partial charge in [0.1, 0.15) is 23.0 Å². The number of para-hydroxylation sites is 1. The van der Waals surface area contributed by atoms with E-state index in [1.165, 1.54) is 4.90 Å². The predicted molar refractivity (Wildman–Crippen MR) is 157 cm³/mol. The maximum Gasteiger partial charge on any atom is 0.295 e. The number of hydrogen-bond donors (Lipinski definition) is 1. The number of carbonyl (C=O) groups excluding carboxylic acids is 2. The van der Waals surface area contributed by atoms with Gasteiger partial charge in [0, 0.05) is 24.5 Å². The minimum atomic E-state index is -0.841. The molecule has 0 bridgehead atoms. The number of aromatic nitrogens is 1. The van der Waals surface area contributed by atoms with Crippen molar-refractivity contribution in [3.05, 3.63) is 125 Å². The second kappa shape index (κ2) is 12.1. The highest BCUT2D eigenvalue weighted by atomic mass is 16.5. The van der Waals surface area contributed by atoms with Crippen LogP contribution in [0, 0.1) is 12.8 Å². The van der Waals surface area contributed by atoms with Gasteiger partial charge in [-0.25, -0.2) is 0 Å². The highest BCUT2D eigenvalue weighted by molar-refractivity contribution is 6.46. The molecule has 1 atom stereocenters. The van der Waals surface area contributed by atoms with E-state index in [-0.39, 0.29) is 17.9 Å². The highest BCUT2D eigenvalue weighted by Crippen LogP contribution is 2.41. The first-order chi connectivity index (χ1) is 19.8. The molecule has 0 spiro atoms. The molecule has 3 aromatic carbocycles. The summed E-state index contributed by atoms with van der Waals surface area (Å²) in [5.41, 5.74) is 2.66. The Hall–Kier alpha value is -4.91. The van der Waals surface area contributed by atoms with Crippen molar-refractivity contribution < 1.29 is 24.2 Å². The number of likely N-dealkylation sites (tertiary alicyclic amines) is 1. The van der Waals surface area contributed by atoms with Crippen LogP contribution in [0.25, 0.3) is 5.76 Å². The van der Waals surface area contributed by atoms with Crippen molar-refractivity contribution in [3.8, 4) is 17.2 Å². The lowest BCUT2D eigenvalue weighted by Crippen LogP contribution is -2.29. The molecule has 0 unspecified atom stereocenters. The molecular formula is C34H32N2O5. The second-order valence-electron chi connectivity index (χ2n) is 10.5. The van der Waals surface area contributed by atoms with Gasteiger partial charge in [0.25, 0.3) is 11.7 Å². The quantitative estimate of drug-likeness (QED) is 0.140. The number of pyridine rings is 1. The molecule has 1 aromatic heterocycles. The Morgan fingerprint density at radius 3 is 2.44 bits per heavy atom. The van der Waals surface area contributed by atoms with Crippen LogP contribution in [0.4, 0.5) is 0 Å². The van der Waals surface area contributed by atoms with E-state index in [2.05, 4.69) is 18.8 Å². The Bertz CT molecular complexity index is 1580. The first-order valence-corrected chi connectivity index (χ1v) is 13.6. The smallest absolute Gasteiger partial charge is 0.295 e. The van der Waals surface area contributed by atoms with Gasteiger partial charge in [-0.05, 0) is 78.1 Å². The van der Waals surface area contributed by atoms with Crippen LogP contribution in [-0.2, 0) is 16.1 Å². The summed E-state index contributed by atoms with van der Waals surface area (Å²) in [6.45, 7) is 6.73. The van der Waals surface area contributed by atoms with E-state index in [9.17, 15) is 14.7 Å². The number of aliphatic hydroxyl groups excluding tert-OH is 1. The molecule has 7 nitrogen and oxygen atoms in total. The minimum Gasteiger partial charge on any atom is -0.507 e. The van der Waals surface area contributed by atoms with Crippen molar-refractivity contribution in [1.29, 1.82) is 0 Å². The summed E-state index contributed by atoms with van der Waals surface area (Å²) in [4.78, 5) is 32.6. The van der Waals surface area contributed by atoms with Crippen molar-refractivity contribution in [2.75, 3.05) is 6.61 Å². The van der Waals surface area contributed by atoms with Gasteiger partial charge in [0.2, 0.25) is 0 Å². The zero-order valence-electron chi connectivity index (χ0n) is 23.3. The SMILES string of the molecule is Cc1cc(/C(O)=C2\C(=O)C(=O)N(Cc3cccnc3)[C@@H]2c2cccc(Oc3ccccc3)c2)ccc1OCC(C)C. The van der Waals surface area contributed by atoms with E-state index >= 15 is 0 Å². The van der Waals surface area contributed by atoms with Crippen LogP contribution >= 0.6 is 0 Å². The fourth-order valence-electron chi connectivity index (χ4n) is 4.82. The van der Waals surface area contributed by atoms with Gasteiger partial charge in [-0.3, -0.25) is 14.6 Å². The monoisotopic (exact) mass is 548 g/mol. The van der Waals surface area contributed by atoms with Gasteiger partial charge in [-0.2, -0.15) is 0 Å². The van der Waals surface area contributed by atoms with E-state index in [1.807, 2.05) is 61.5 Å². The number of rotatable bonds is 9. The zero-order valence-corrected chi connectivity index (χ0v) is 23.3. The molecular weight excluding hydrogens is 516 g/mol. The summed E-state index contributed by atoms with van der Waals surface area (Å²) in [6, 6.07) is 24.6. The normalized spacial score (nSPS) is 16.3. The third kappa shape index (κ3) is 6.14. The standard InChI is InChI=1S/C34H32N2O5/c1-22(2)21-40-29-15-14-26(17-23(29)3)32(37)30-31(36(34(39)33(30)38)20-24-9-8-16-35-19-24)25-10-7-13-28(18-25)41-27-11-5-4-6-12-27/h4-19,22,31,37H,20-21H2,1-3H3/b32-30+/t31-/m1/s1. The van der Waals surface area contributed by atoms with Crippen LogP contribution in [0.15, 0.2) is 103 Å². The summed E-state index contributed by atoms with van der Waals surface area (Å²) in [7, 11) is 0. The summed E-state index contributed by atoms with van der Waals surface area (Å²) in [5, 5.41) is 11.6. The first-order valence-electron chi connectivity index (χ1n) is 13.6. The molecule has 1 N–H and O–H groups in total. The largest absolute Gasteiger partial charge is 0.507 e. The van der Waals surface area contributed by atoms with Crippen LogP contribution < -0.4 is 9.47 Å². The van der Waals surface area contributed by atoms with E-state index in [1.54, 1.807) is 42.7 Å². The Labute approximate surface area is 239 Å². The number of aliphatic hydroxyl groups is 1. The summed E-state index contributed by atoms with van der Waals surface area (Å²) in [5.74, 6) is 0.587. The van der Waals surface area contributed by atoms with Crippen molar-refractivity contribution >= 4 is 17.4 Å². The van der Waals surface area contributed by atoms with Gasteiger partial charge in [-0.1, -0.05) is 50.2 Å². The van der Waals surface area contributed by atoms with Gasteiger partial charge in [0.05, 0.1) is 18.2 Å². The van der Waals surface area contributed by atoms with Gasteiger partial charge < -0.3 is 19.5 Å². The van der Waals surface area contributed by atoms with Gasteiger partial charge >= 0.3 is 0 Å². The lowest BCUT2D eigenvalue weighted by Gasteiger charge is -2.25. The van der Waals surface area contributed by atoms with Gasteiger partial charge in [-0.15, -0.1) is 0 Å². The molecule has 1 saturated heterocycles. The summed E-state index contributed by atoms with van der Waals surface area (Å²) in [6.07, 6.45) is 3.31. The lowest BCUT2D eigenvalue weighted by atomic mass is 9.94. The number of nitrogens with zero attached hydrogens (tertiary/aromatic N) is 2. The van der Waals surface area contributed by atoms with Crippen molar-refractivity contribution in [1.82, 2.24) is 9.88 Å². The topological polar surface area (TPSA) is 89.0 Å². The molecule has 7 heteroatoms. The van der Waals surface area contributed by atoms with E-state index < -0.39 is 17.7 Å². The Morgan fingerprint density at radius 2 is 1.73 bits per heavy atom. The zero-order chi connectivity index (χ0) is 28.9. The van der Waals surface area contributed by atoms with Crippen LogP contribution in [0.3, 0.4) is 0 Å². The number of carbonyl (C=O) groups is 2.